The Labute approximate surface area is 119 Å². The lowest BCUT2D eigenvalue weighted by Gasteiger charge is -2.09. The first-order chi connectivity index (χ1) is 9.22. The fraction of sp³-hybridized carbons (Fsp3) is 0.333. The summed E-state index contributed by atoms with van der Waals surface area (Å²) in [6.45, 7) is 3.13. The molecular weight excluding hydrogens is 310 g/mol. The van der Waals surface area contributed by atoms with E-state index in [1.54, 1.807) is 12.4 Å². The Morgan fingerprint density at radius 2 is 2.32 bits per heavy atom. The van der Waals surface area contributed by atoms with Crippen molar-refractivity contribution in [2.45, 2.75) is 26.4 Å². The van der Waals surface area contributed by atoms with E-state index in [9.17, 15) is 4.79 Å². The van der Waals surface area contributed by atoms with Gasteiger partial charge in [0.15, 0.2) is 0 Å². The van der Waals surface area contributed by atoms with Gasteiger partial charge in [0.2, 0.25) is 0 Å². The molecular formula is C12H14BrN5O. The van der Waals surface area contributed by atoms with Gasteiger partial charge in [-0.05, 0) is 28.4 Å². The van der Waals surface area contributed by atoms with Crippen LogP contribution in [0.3, 0.4) is 0 Å². The molecule has 0 bridgehead atoms. The summed E-state index contributed by atoms with van der Waals surface area (Å²) in [4.78, 5) is 19.9. The van der Waals surface area contributed by atoms with E-state index in [0.29, 0.717) is 23.2 Å². The average molecular weight is 324 g/mol. The van der Waals surface area contributed by atoms with Crippen LogP contribution in [-0.4, -0.2) is 19.7 Å². The van der Waals surface area contributed by atoms with Crippen molar-refractivity contribution in [3.8, 4) is 0 Å². The minimum absolute atomic E-state index is 0.130. The fourth-order valence-corrected chi connectivity index (χ4v) is 2.02. The molecule has 7 heteroatoms. The first kappa shape index (κ1) is 13.7. The van der Waals surface area contributed by atoms with Gasteiger partial charge in [0, 0.05) is 12.7 Å². The quantitative estimate of drug-likeness (QED) is 0.908. The SMILES string of the molecule is CCCn1ncc(NCc2ccncn2)c(Br)c1=O. The molecule has 0 aliphatic carbocycles. The molecule has 2 rings (SSSR count). The lowest BCUT2D eigenvalue weighted by molar-refractivity contribution is 0.566. The maximum Gasteiger partial charge on any atom is 0.283 e. The molecule has 0 aromatic carbocycles. The molecule has 19 heavy (non-hydrogen) atoms. The van der Waals surface area contributed by atoms with Gasteiger partial charge in [-0.3, -0.25) is 4.79 Å². The Kier molecular flexibility index (Phi) is 4.62. The maximum absolute atomic E-state index is 12.0. The maximum atomic E-state index is 12.0. The van der Waals surface area contributed by atoms with Crippen molar-refractivity contribution < 1.29 is 0 Å². The second-order valence-corrected chi connectivity index (χ2v) is 4.75. The zero-order valence-corrected chi connectivity index (χ0v) is 12.1. The van der Waals surface area contributed by atoms with Crippen LogP contribution in [0.15, 0.2) is 34.1 Å². The second kappa shape index (κ2) is 6.42. The molecule has 0 aliphatic rings. The molecule has 100 valence electrons. The topological polar surface area (TPSA) is 72.7 Å². The number of nitrogens with zero attached hydrogens (tertiary/aromatic N) is 4. The van der Waals surface area contributed by atoms with Gasteiger partial charge in [-0.1, -0.05) is 6.92 Å². The first-order valence-electron chi connectivity index (χ1n) is 5.96. The summed E-state index contributed by atoms with van der Waals surface area (Å²) in [5.74, 6) is 0. The van der Waals surface area contributed by atoms with E-state index in [1.807, 2.05) is 13.0 Å². The summed E-state index contributed by atoms with van der Waals surface area (Å²) in [5, 5.41) is 7.25. The smallest absolute Gasteiger partial charge is 0.283 e. The Morgan fingerprint density at radius 3 is 3.00 bits per heavy atom. The van der Waals surface area contributed by atoms with Crippen molar-refractivity contribution in [1.29, 1.82) is 0 Å². The van der Waals surface area contributed by atoms with E-state index in [-0.39, 0.29) is 5.56 Å². The summed E-state index contributed by atoms with van der Waals surface area (Å²) in [6, 6.07) is 1.81. The lowest BCUT2D eigenvalue weighted by atomic mass is 10.3. The van der Waals surface area contributed by atoms with Gasteiger partial charge < -0.3 is 5.32 Å². The third-order valence-electron chi connectivity index (χ3n) is 2.52. The monoisotopic (exact) mass is 323 g/mol. The standard InChI is InChI=1S/C12H14BrN5O/c1-2-5-18-12(19)11(13)10(7-17-18)15-6-9-3-4-14-8-16-9/h3-4,7-8,15H,2,5-6H2,1H3. The van der Waals surface area contributed by atoms with Crippen LogP contribution in [0, 0.1) is 0 Å². The highest BCUT2D eigenvalue weighted by atomic mass is 79.9. The number of rotatable bonds is 5. The second-order valence-electron chi connectivity index (χ2n) is 3.95. The summed E-state index contributed by atoms with van der Waals surface area (Å²) < 4.78 is 1.94. The molecule has 0 fully saturated rings. The molecule has 0 unspecified atom stereocenters. The average Bonchev–Trinajstić information content (AvgIpc) is 2.44. The third kappa shape index (κ3) is 3.37. The van der Waals surface area contributed by atoms with Crippen molar-refractivity contribution in [2.24, 2.45) is 0 Å². The predicted molar refractivity (Wildman–Crippen MR) is 75.8 cm³/mol. The van der Waals surface area contributed by atoms with Gasteiger partial charge in [-0.25, -0.2) is 14.6 Å². The van der Waals surface area contributed by atoms with Crippen LogP contribution in [0.25, 0.3) is 0 Å². The van der Waals surface area contributed by atoms with Crippen molar-refractivity contribution >= 4 is 21.6 Å². The van der Waals surface area contributed by atoms with E-state index < -0.39 is 0 Å². The summed E-state index contributed by atoms with van der Waals surface area (Å²) in [7, 11) is 0. The molecule has 0 amide bonds. The van der Waals surface area contributed by atoms with E-state index in [0.717, 1.165) is 12.1 Å². The van der Waals surface area contributed by atoms with E-state index >= 15 is 0 Å². The number of anilines is 1. The highest BCUT2D eigenvalue weighted by Gasteiger charge is 2.08. The number of hydrogen-bond acceptors (Lipinski definition) is 5. The molecule has 0 atom stereocenters. The molecule has 0 radical (unpaired) electrons. The fourth-order valence-electron chi connectivity index (χ4n) is 1.57. The van der Waals surface area contributed by atoms with Gasteiger partial charge in [0.05, 0.1) is 24.1 Å². The van der Waals surface area contributed by atoms with Crippen LogP contribution in [0.2, 0.25) is 0 Å². The molecule has 0 spiro atoms. The Balaban J connectivity index is 2.13. The van der Waals surface area contributed by atoms with Crippen LogP contribution in [0.5, 0.6) is 0 Å². The Bertz CT molecular complexity index is 599. The summed E-state index contributed by atoms with van der Waals surface area (Å²) in [5.41, 5.74) is 1.38. The molecule has 6 nitrogen and oxygen atoms in total. The summed E-state index contributed by atoms with van der Waals surface area (Å²) in [6.07, 6.45) is 5.68. The number of aryl methyl sites for hydroxylation is 1. The molecule has 2 aromatic rings. The van der Waals surface area contributed by atoms with Gasteiger partial charge in [-0.2, -0.15) is 5.10 Å². The van der Waals surface area contributed by atoms with Gasteiger partial charge in [0.1, 0.15) is 10.8 Å². The van der Waals surface area contributed by atoms with Gasteiger partial charge in [0.25, 0.3) is 5.56 Å². The van der Waals surface area contributed by atoms with Crippen molar-refractivity contribution in [2.75, 3.05) is 5.32 Å². The molecule has 2 heterocycles. The largest absolute Gasteiger partial charge is 0.377 e. The van der Waals surface area contributed by atoms with Crippen molar-refractivity contribution in [3.05, 3.63) is 45.3 Å². The Morgan fingerprint density at radius 1 is 1.47 bits per heavy atom. The van der Waals surface area contributed by atoms with Gasteiger partial charge in [-0.15, -0.1) is 0 Å². The third-order valence-corrected chi connectivity index (χ3v) is 3.29. The number of nitrogens with one attached hydrogen (secondary N) is 1. The highest BCUT2D eigenvalue weighted by Crippen LogP contribution is 2.16. The minimum Gasteiger partial charge on any atom is -0.377 e. The van der Waals surface area contributed by atoms with Crippen LogP contribution in [0.4, 0.5) is 5.69 Å². The van der Waals surface area contributed by atoms with E-state index in [1.165, 1.54) is 11.0 Å². The summed E-state index contributed by atoms with van der Waals surface area (Å²) >= 11 is 3.31. The Hall–Kier alpha value is -1.76. The lowest BCUT2D eigenvalue weighted by Crippen LogP contribution is -2.24. The molecule has 1 N–H and O–H groups in total. The van der Waals surface area contributed by atoms with E-state index in [4.69, 9.17) is 0 Å². The number of hydrogen-bond donors (Lipinski definition) is 1. The van der Waals surface area contributed by atoms with Crippen LogP contribution >= 0.6 is 15.9 Å². The molecule has 0 saturated heterocycles. The van der Waals surface area contributed by atoms with E-state index in [2.05, 4.69) is 36.3 Å². The highest BCUT2D eigenvalue weighted by molar-refractivity contribution is 9.10. The van der Waals surface area contributed by atoms with Crippen LogP contribution in [-0.2, 0) is 13.1 Å². The number of halogens is 1. The minimum atomic E-state index is -0.130. The first-order valence-corrected chi connectivity index (χ1v) is 6.76. The van der Waals surface area contributed by atoms with Crippen LogP contribution < -0.4 is 10.9 Å². The van der Waals surface area contributed by atoms with Crippen molar-refractivity contribution in [1.82, 2.24) is 19.7 Å². The molecule has 2 aromatic heterocycles. The predicted octanol–water partition coefficient (Wildman–Crippen LogP) is 1.82. The van der Waals surface area contributed by atoms with Crippen LogP contribution in [0.1, 0.15) is 19.0 Å². The zero-order valence-electron chi connectivity index (χ0n) is 10.5. The van der Waals surface area contributed by atoms with Gasteiger partial charge >= 0.3 is 0 Å². The molecule has 0 saturated carbocycles. The molecule has 0 aliphatic heterocycles. The van der Waals surface area contributed by atoms with Crippen molar-refractivity contribution in [3.63, 3.8) is 0 Å². The zero-order chi connectivity index (χ0) is 13.7. The normalized spacial score (nSPS) is 10.4. The number of aromatic nitrogens is 4.